The van der Waals surface area contributed by atoms with Crippen LogP contribution < -0.4 is 4.74 Å². The van der Waals surface area contributed by atoms with E-state index in [1.807, 2.05) is 19.9 Å². The van der Waals surface area contributed by atoms with Crippen LogP contribution in [-0.2, 0) is 5.60 Å². The summed E-state index contributed by atoms with van der Waals surface area (Å²) in [6.45, 7) is 8.39. The van der Waals surface area contributed by atoms with Crippen molar-refractivity contribution >= 4 is 0 Å². The number of aliphatic hydroxyl groups is 1. The minimum Gasteiger partial charge on any atom is -0.489 e. The summed E-state index contributed by atoms with van der Waals surface area (Å²) in [6, 6.07) is 1.97. The highest BCUT2D eigenvalue weighted by atomic mass is 16.5. The van der Waals surface area contributed by atoms with E-state index < -0.39 is 5.60 Å². The molecule has 20 heavy (non-hydrogen) atoms. The molecule has 1 fully saturated rings. The molecule has 0 aromatic carbocycles. The van der Waals surface area contributed by atoms with Crippen LogP contribution in [0.25, 0.3) is 0 Å². The number of nitrogens with zero attached hydrogens (tertiary/aromatic N) is 1. The molecule has 2 unspecified atom stereocenters. The third-order valence-electron chi connectivity index (χ3n) is 4.33. The summed E-state index contributed by atoms with van der Waals surface area (Å²) in [6.07, 6.45) is 7.84. The van der Waals surface area contributed by atoms with E-state index in [0.717, 1.165) is 30.6 Å². The third kappa shape index (κ3) is 3.14. The lowest BCUT2D eigenvalue weighted by atomic mass is 9.67. The predicted molar refractivity (Wildman–Crippen MR) is 80.7 cm³/mol. The fraction of sp³-hybridized carbons (Fsp3) is 0.706. The maximum Gasteiger partial charge on any atom is 0.138 e. The van der Waals surface area contributed by atoms with Crippen molar-refractivity contribution in [2.75, 3.05) is 0 Å². The van der Waals surface area contributed by atoms with Crippen LogP contribution in [-0.4, -0.2) is 16.2 Å². The van der Waals surface area contributed by atoms with Crippen LogP contribution in [0.4, 0.5) is 0 Å². The van der Waals surface area contributed by atoms with E-state index >= 15 is 0 Å². The molecule has 1 aromatic heterocycles. The lowest BCUT2D eigenvalue weighted by Crippen LogP contribution is -2.40. The second-order valence-electron chi connectivity index (χ2n) is 6.60. The first-order chi connectivity index (χ1) is 9.43. The molecule has 112 valence electrons. The Balaban J connectivity index is 2.31. The van der Waals surface area contributed by atoms with Gasteiger partial charge in [-0.1, -0.05) is 26.7 Å². The van der Waals surface area contributed by atoms with E-state index in [0.29, 0.717) is 11.8 Å². The Kier molecular flexibility index (Phi) is 4.69. The van der Waals surface area contributed by atoms with Crippen LogP contribution in [0.5, 0.6) is 5.75 Å². The normalized spacial score (nSPS) is 27.1. The smallest absolute Gasteiger partial charge is 0.138 e. The van der Waals surface area contributed by atoms with Crippen LogP contribution in [0.2, 0.25) is 0 Å². The molecule has 1 aliphatic rings. The third-order valence-corrected chi connectivity index (χ3v) is 4.33. The molecule has 2 rings (SSSR count). The lowest BCUT2D eigenvalue weighted by molar-refractivity contribution is -0.0725. The molecular formula is C17H27NO2. The van der Waals surface area contributed by atoms with Crippen molar-refractivity contribution in [3.8, 4) is 5.75 Å². The van der Waals surface area contributed by atoms with Gasteiger partial charge in [0.2, 0.25) is 0 Å². The van der Waals surface area contributed by atoms with Gasteiger partial charge in [0.15, 0.2) is 0 Å². The molecule has 1 aromatic rings. The van der Waals surface area contributed by atoms with Gasteiger partial charge in [-0.15, -0.1) is 0 Å². The van der Waals surface area contributed by atoms with Crippen molar-refractivity contribution < 1.29 is 9.84 Å². The summed E-state index contributed by atoms with van der Waals surface area (Å²) in [7, 11) is 0. The average molecular weight is 277 g/mol. The molecule has 1 saturated carbocycles. The molecule has 0 bridgehead atoms. The minimum absolute atomic E-state index is 0.119. The van der Waals surface area contributed by atoms with Crippen molar-refractivity contribution in [3.05, 3.63) is 24.0 Å². The van der Waals surface area contributed by atoms with E-state index in [1.54, 1.807) is 12.4 Å². The van der Waals surface area contributed by atoms with Gasteiger partial charge in [-0.3, -0.25) is 4.98 Å². The highest BCUT2D eigenvalue weighted by molar-refractivity contribution is 5.29. The Bertz CT molecular complexity index is 444. The Labute approximate surface area is 122 Å². The summed E-state index contributed by atoms with van der Waals surface area (Å²) >= 11 is 0. The van der Waals surface area contributed by atoms with Gasteiger partial charge in [-0.2, -0.15) is 0 Å². The van der Waals surface area contributed by atoms with E-state index in [1.165, 1.54) is 6.42 Å². The summed E-state index contributed by atoms with van der Waals surface area (Å²) in [5, 5.41) is 11.2. The average Bonchev–Trinajstić information content (AvgIpc) is 2.38. The van der Waals surface area contributed by atoms with Crippen LogP contribution in [0.15, 0.2) is 18.5 Å². The molecule has 1 aliphatic carbocycles. The van der Waals surface area contributed by atoms with Crippen LogP contribution in [0, 0.1) is 11.8 Å². The van der Waals surface area contributed by atoms with Crippen molar-refractivity contribution in [3.63, 3.8) is 0 Å². The largest absolute Gasteiger partial charge is 0.489 e. The molecule has 1 heterocycles. The maximum atomic E-state index is 11.2. The van der Waals surface area contributed by atoms with Gasteiger partial charge < -0.3 is 9.84 Å². The van der Waals surface area contributed by atoms with Gasteiger partial charge in [0.05, 0.1) is 17.9 Å². The molecule has 0 aliphatic heterocycles. The van der Waals surface area contributed by atoms with E-state index in [9.17, 15) is 5.11 Å². The molecule has 0 radical (unpaired) electrons. The zero-order valence-electron chi connectivity index (χ0n) is 13.1. The Morgan fingerprint density at radius 3 is 2.65 bits per heavy atom. The van der Waals surface area contributed by atoms with E-state index in [2.05, 4.69) is 18.8 Å². The van der Waals surface area contributed by atoms with Crippen LogP contribution >= 0.6 is 0 Å². The number of ether oxygens (including phenoxy) is 1. The first-order valence-corrected chi connectivity index (χ1v) is 7.78. The molecule has 3 heteroatoms. The van der Waals surface area contributed by atoms with E-state index in [-0.39, 0.29) is 6.10 Å². The lowest BCUT2D eigenvalue weighted by Gasteiger charge is -2.42. The molecule has 0 saturated heterocycles. The number of aromatic nitrogens is 1. The molecule has 0 spiro atoms. The topological polar surface area (TPSA) is 42.4 Å². The van der Waals surface area contributed by atoms with Gasteiger partial charge in [0.1, 0.15) is 5.75 Å². The first kappa shape index (κ1) is 15.3. The Hall–Kier alpha value is -1.09. The molecule has 2 atom stereocenters. The summed E-state index contributed by atoms with van der Waals surface area (Å²) in [5.41, 5.74) is 0.157. The first-order valence-electron chi connectivity index (χ1n) is 7.78. The van der Waals surface area contributed by atoms with Gasteiger partial charge in [-0.05, 0) is 44.6 Å². The van der Waals surface area contributed by atoms with Gasteiger partial charge in [0.25, 0.3) is 0 Å². The van der Waals surface area contributed by atoms with Gasteiger partial charge in [0, 0.05) is 11.8 Å². The van der Waals surface area contributed by atoms with Crippen molar-refractivity contribution in [1.82, 2.24) is 4.98 Å². The van der Waals surface area contributed by atoms with Crippen LogP contribution in [0.3, 0.4) is 0 Å². The number of hydrogen-bond donors (Lipinski definition) is 1. The zero-order chi connectivity index (χ0) is 14.8. The predicted octanol–water partition coefficient (Wildman–Crippen LogP) is 3.90. The highest BCUT2D eigenvalue weighted by Gasteiger charge is 2.42. The minimum atomic E-state index is -0.754. The summed E-state index contributed by atoms with van der Waals surface area (Å²) in [4.78, 5) is 4.27. The standard InChI is InChI=1S/C17H27NO2/c1-12(2)16-7-5-6-8-17(16,19)14-9-15(11-18-10-14)20-13(3)4/h9-13,16,19H,5-8H2,1-4H3. The molecule has 1 N–H and O–H groups in total. The Morgan fingerprint density at radius 2 is 2.00 bits per heavy atom. The van der Waals surface area contributed by atoms with Crippen molar-refractivity contribution in [1.29, 1.82) is 0 Å². The van der Waals surface area contributed by atoms with Crippen molar-refractivity contribution in [2.45, 2.75) is 65.1 Å². The van der Waals surface area contributed by atoms with Gasteiger partial charge in [-0.25, -0.2) is 0 Å². The van der Waals surface area contributed by atoms with E-state index in [4.69, 9.17) is 4.74 Å². The number of rotatable bonds is 4. The van der Waals surface area contributed by atoms with Gasteiger partial charge >= 0.3 is 0 Å². The van der Waals surface area contributed by atoms with Crippen molar-refractivity contribution in [2.24, 2.45) is 11.8 Å². The number of pyridine rings is 1. The quantitative estimate of drug-likeness (QED) is 0.907. The second kappa shape index (κ2) is 6.13. The zero-order valence-corrected chi connectivity index (χ0v) is 13.1. The number of hydrogen-bond acceptors (Lipinski definition) is 3. The molecule has 3 nitrogen and oxygen atoms in total. The molecular weight excluding hydrogens is 250 g/mol. The Morgan fingerprint density at radius 1 is 1.25 bits per heavy atom. The summed E-state index contributed by atoms with van der Waals surface area (Å²) < 4.78 is 5.71. The highest BCUT2D eigenvalue weighted by Crippen LogP contribution is 2.45. The maximum absolute atomic E-state index is 11.2. The molecule has 0 amide bonds. The van der Waals surface area contributed by atoms with Crippen LogP contribution in [0.1, 0.15) is 58.9 Å². The fourth-order valence-electron chi connectivity index (χ4n) is 3.42. The SMILES string of the molecule is CC(C)Oc1cncc(C2(O)CCCCC2C(C)C)c1. The monoisotopic (exact) mass is 277 g/mol. The second-order valence-corrected chi connectivity index (χ2v) is 6.60. The fourth-order valence-corrected chi connectivity index (χ4v) is 3.42. The summed E-state index contributed by atoms with van der Waals surface area (Å²) in [5.74, 6) is 1.52.